The third kappa shape index (κ3) is 1.79. The molecule has 2 aliphatic rings. The summed E-state index contributed by atoms with van der Waals surface area (Å²) in [4.78, 5) is 46.3. The minimum atomic E-state index is -1.98. The van der Waals surface area contributed by atoms with E-state index in [9.17, 15) is 19.2 Å². The summed E-state index contributed by atoms with van der Waals surface area (Å²) in [5.74, 6) is -2.87. The zero-order valence-corrected chi connectivity index (χ0v) is 11.7. The molecule has 2 fully saturated rings. The van der Waals surface area contributed by atoms with E-state index < -0.39 is 29.0 Å². The second-order valence-corrected chi connectivity index (χ2v) is 4.70. The molecule has 0 unspecified atom stereocenters. The zero-order valence-electron chi connectivity index (χ0n) is 11.7. The summed E-state index contributed by atoms with van der Waals surface area (Å²) in [7, 11) is 2.49. The van der Waals surface area contributed by atoms with E-state index in [1.807, 2.05) is 36.4 Å². The van der Waals surface area contributed by atoms with E-state index in [-0.39, 0.29) is 0 Å². The van der Waals surface area contributed by atoms with Crippen molar-refractivity contribution >= 4 is 29.7 Å². The number of benzene rings is 1. The van der Waals surface area contributed by atoms with Crippen molar-refractivity contribution in [3.8, 4) is 0 Å². The summed E-state index contributed by atoms with van der Waals surface area (Å²) in [6.45, 7) is 3.63. The SMILES string of the molecule is C=Cc1ccccc1.CN1C(=O)C2(C1=O)C(=O)N(C)C2=O. The van der Waals surface area contributed by atoms with Crippen LogP contribution in [-0.2, 0) is 19.2 Å². The van der Waals surface area contributed by atoms with Crippen molar-refractivity contribution in [3.05, 3.63) is 42.5 Å². The topological polar surface area (TPSA) is 74.8 Å². The molecular weight excluding hydrogens is 272 g/mol. The first-order valence-electron chi connectivity index (χ1n) is 6.21. The number of carbonyl (C=O) groups excluding carboxylic acids is 4. The largest absolute Gasteiger partial charge is 0.284 e. The Balaban J connectivity index is 0.000000173. The second-order valence-electron chi connectivity index (χ2n) is 4.70. The van der Waals surface area contributed by atoms with Gasteiger partial charge in [0.25, 0.3) is 29.0 Å². The number of β-lactam (4-membered cyclic amide) rings is 4. The fraction of sp³-hybridized carbons (Fsp3) is 0.200. The Bertz CT molecular complexity index is 579. The van der Waals surface area contributed by atoms with Crippen LogP contribution in [0.4, 0.5) is 0 Å². The van der Waals surface area contributed by atoms with Crippen molar-refractivity contribution in [2.24, 2.45) is 5.41 Å². The molecule has 0 bridgehead atoms. The molecule has 6 heteroatoms. The molecule has 6 nitrogen and oxygen atoms in total. The van der Waals surface area contributed by atoms with Gasteiger partial charge in [-0.05, 0) is 5.56 Å². The summed E-state index contributed by atoms with van der Waals surface area (Å²) in [6, 6.07) is 10.0. The monoisotopic (exact) mass is 286 g/mol. The van der Waals surface area contributed by atoms with Gasteiger partial charge in [0, 0.05) is 14.1 Å². The fourth-order valence-corrected chi connectivity index (χ4v) is 2.22. The Morgan fingerprint density at radius 1 is 0.857 bits per heavy atom. The first-order valence-corrected chi connectivity index (χ1v) is 6.21. The Kier molecular flexibility index (Phi) is 3.47. The van der Waals surface area contributed by atoms with E-state index in [2.05, 4.69) is 6.58 Å². The summed E-state index contributed by atoms with van der Waals surface area (Å²) in [5, 5.41) is 0. The maximum atomic E-state index is 11.2. The predicted octanol–water partition coefficient (Wildman–Crippen LogP) is 0.300. The number of hydrogen-bond acceptors (Lipinski definition) is 4. The Morgan fingerprint density at radius 2 is 1.24 bits per heavy atom. The van der Waals surface area contributed by atoms with Gasteiger partial charge in [-0.25, -0.2) is 0 Å². The molecule has 1 spiro atoms. The van der Waals surface area contributed by atoms with Crippen LogP contribution in [0.1, 0.15) is 5.56 Å². The summed E-state index contributed by atoms with van der Waals surface area (Å²) >= 11 is 0. The molecule has 1 aromatic rings. The van der Waals surface area contributed by atoms with Crippen LogP contribution in [0.2, 0.25) is 0 Å². The average molecular weight is 286 g/mol. The Labute approximate surface area is 121 Å². The van der Waals surface area contributed by atoms with Gasteiger partial charge in [-0.2, -0.15) is 0 Å². The number of rotatable bonds is 1. The first kappa shape index (κ1) is 14.6. The molecular formula is C15H14N2O4. The predicted molar refractivity (Wildman–Crippen MR) is 74.5 cm³/mol. The van der Waals surface area contributed by atoms with Crippen LogP contribution in [0.15, 0.2) is 36.9 Å². The molecule has 2 aliphatic heterocycles. The van der Waals surface area contributed by atoms with E-state index in [0.717, 1.165) is 9.80 Å². The highest BCUT2D eigenvalue weighted by atomic mass is 16.2. The molecule has 4 amide bonds. The minimum Gasteiger partial charge on any atom is -0.282 e. The van der Waals surface area contributed by atoms with Gasteiger partial charge in [0.1, 0.15) is 0 Å². The molecule has 108 valence electrons. The van der Waals surface area contributed by atoms with Gasteiger partial charge >= 0.3 is 0 Å². The highest BCUT2D eigenvalue weighted by Gasteiger charge is 2.78. The van der Waals surface area contributed by atoms with Crippen LogP contribution in [-0.4, -0.2) is 47.5 Å². The van der Waals surface area contributed by atoms with Gasteiger partial charge in [-0.3, -0.25) is 29.0 Å². The standard InChI is InChI=1S/C8H8.C7H6N2O4/c1-2-8-6-4-3-5-7-8;1-8-3(10)7(4(8)11)5(12)9(2)6(7)13/h2-7H,1H2;1-2H3. The summed E-state index contributed by atoms with van der Waals surface area (Å²) in [5.41, 5.74) is -0.809. The average Bonchev–Trinajstić information content (AvgIpc) is 2.55. The molecule has 3 rings (SSSR count). The van der Waals surface area contributed by atoms with Crippen LogP contribution in [0.5, 0.6) is 0 Å². The lowest BCUT2D eigenvalue weighted by Crippen LogP contribution is -2.82. The van der Waals surface area contributed by atoms with Crippen LogP contribution in [0.25, 0.3) is 6.08 Å². The normalized spacial score (nSPS) is 18.8. The molecule has 1 aromatic carbocycles. The van der Waals surface area contributed by atoms with Crippen LogP contribution in [0, 0.1) is 5.41 Å². The quantitative estimate of drug-likeness (QED) is 0.549. The highest BCUT2D eigenvalue weighted by molar-refractivity contribution is 6.52. The van der Waals surface area contributed by atoms with E-state index >= 15 is 0 Å². The van der Waals surface area contributed by atoms with Gasteiger partial charge in [-0.1, -0.05) is 43.0 Å². The molecule has 0 atom stereocenters. The molecule has 2 saturated heterocycles. The van der Waals surface area contributed by atoms with Gasteiger partial charge in [0.05, 0.1) is 0 Å². The van der Waals surface area contributed by atoms with Gasteiger partial charge in [0.15, 0.2) is 0 Å². The molecule has 2 heterocycles. The van der Waals surface area contributed by atoms with Crippen molar-refractivity contribution in [2.75, 3.05) is 14.1 Å². The van der Waals surface area contributed by atoms with Gasteiger partial charge < -0.3 is 0 Å². The maximum absolute atomic E-state index is 11.2. The van der Waals surface area contributed by atoms with Crippen LogP contribution >= 0.6 is 0 Å². The molecule has 0 radical (unpaired) electrons. The first-order chi connectivity index (χ1) is 9.88. The van der Waals surface area contributed by atoms with E-state index in [4.69, 9.17) is 0 Å². The molecule has 0 N–H and O–H groups in total. The zero-order chi connectivity index (χ0) is 15.8. The lowest BCUT2D eigenvalue weighted by atomic mass is 9.69. The second kappa shape index (κ2) is 4.97. The Hall–Kier alpha value is -2.76. The van der Waals surface area contributed by atoms with E-state index in [0.29, 0.717) is 0 Å². The van der Waals surface area contributed by atoms with Crippen molar-refractivity contribution in [1.82, 2.24) is 9.80 Å². The summed E-state index contributed by atoms with van der Waals surface area (Å²) in [6.07, 6.45) is 1.83. The Morgan fingerprint density at radius 3 is 1.52 bits per heavy atom. The maximum Gasteiger partial charge on any atom is 0.284 e. The van der Waals surface area contributed by atoms with Crippen LogP contribution < -0.4 is 0 Å². The number of hydrogen-bond donors (Lipinski definition) is 0. The van der Waals surface area contributed by atoms with Crippen molar-refractivity contribution in [1.29, 1.82) is 0 Å². The minimum absolute atomic E-state index is 0.717. The highest BCUT2D eigenvalue weighted by Crippen LogP contribution is 2.42. The smallest absolute Gasteiger partial charge is 0.282 e. The lowest BCUT2D eigenvalue weighted by molar-refractivity contribution is -0.196. The van der Waals surface area contributed by atoms with E-state index in [1.165, 1.54) is 19.7 Å². The van der Waals surface area contributed by atoms with Gasteiger partial charge in [0.2, 0.25) is 0 Å². The number of likely N-dealkylation sites (tertiary alicyclic amines) is 2. The summed E-state index contributed by atoms with van der Waals surface area (Å²) < 4.78 is 0. The third-order valence-electron chi connectivity index (χ3n) is 3.54. The molecule has 21 heavy (non-hydrogen) atoms. The van der Waals surface area contributed by atoms with Crippen LogP contribution in [0.3, 0.4) is 0 Å². The molecule has 0 saturated carbocycles. The molecule has 0 aromatic heterocycles. The number of carbonyl (C=O) groups is 4. The lowest BCUT2D eigenvalue weighted by Gasteiger charge is -2.50. The number of amides is 4. The van der Waals surface area contributed by atoms with Crippen molar-refractivity contribution in [3.63, 3.8) is 0 Å². The third-order valence-corrected chi connectivity index (χ3v) is 3.54. The number of nitrogens with zero attached hydrogens (tertiary/aromatic N) is 2. The number of imide groups is 2. The van der Waals surface area contributed by atoms with E-state index in [1.54, 1.807) is 0 Å². The van der Waals surface area contributed by atoms with Crippen molar-refractivity contribution in [2.45, 2.75) is 0 Å². The molecule has 0 aliphatic carbocycles. The fourth-order valence-electron chi connectivity index (χ4n) is 2.22. The van der Waals surface area contributed by atoms with Gasteiger partial charge in [-0.15, -0.1) is 0 Å². The van der Waals surface area contributed by atoms with Crippen molar-refractivity contribution < 1.29 is 19.2 Å².